The summed E-state index contributed by atoms with van der Waals surface area (Å²) >= 11 is 0. The smallest absolute Gasteiger partial charge is 0.243 e. The summed E-state index contributed by atoms with van der Waals surface area (Å²) in [6, 6.07) is 13.7. The molecule has 3 aromatic rings. The number of primary amides is 1. The number of fused-ring (bicyclic) bond motifs is 1. The van der Waals surface area contributed by atoms with E-state index in [9.17, 15) is 19.2 Å². The quantitative estimate of drug-likeness (QED) is 0.0978. The molecule has 1 heterocycles. The van der Waals surface area contributed by atoms with E-state index >= 15 is 0 Å². The van der Waals surface area contributed by atoms with Crippen LogP contribution in [-0.4, -0.2) is 107 Å². The molecule has 50 heavy (non-hydrogen) atoms. The second-order valence-electron chi connectivity index (χ2n) is 12.2. The number of rotatable bonds is 22. The summed E-state index contributed by atoms with van der Waals surface area (Å²) in [7, 11) is 0. The standard InChI is InChI=1S/C36H53N9O5/c1-4-16-43(24-34(48)44(17-5-2)25-35(49)45(23-32(39)46)22-28(38)21-40-15-8-14-37)33(47)11-7-18-50-29-10-6-9-27(20-29)36-41-30-13-12-26(3)19-31(30)42-36/h6,9-10,12-13,19-21,40H,4-5,7-8,11,14-18,22-25,37-38H2,1-3H3,(H2,39,46)(H,41,42)/b28-21-. The molecule has 0 saturated carbocycles. The van der Waals surface area contributed by atoms with E-state index < -0.39 is 11.8 Å². The molecule has 0 radical (unpaired) electrons. The van der Waals surface area contributed by atoms with Crippen LogP contribution in [0.5, 0.6) is 5.75 Å². The third-order valence-electron chi connectivity index (χ3n) is 7.78. The van der Waals surface area contributed by atoms with Crippen molar-refractivity contribution in [3.05, 3.63) is 59.9 Å². The van der Waals surface area contributed by atoms with Crippen molar-refractivity contribution >= 4 is 34.7 Å². The zero-order chi connectivity index (χ0) is 36.5. The molecular formula is C36H53N9O5. The Bertz CT molecular complexity index is 1610. The van der Waals surface area contributed by atoms with Crippen molar-refractivity contribution in [1.29, 1.82) is 0 Å². The van der Waals surface area contributed by atoms with Gasteiger partial charge in [0.2, 0.25) is 23.6 Å². The van der Waals surface area contributed by atoms with E-state index in [0.29, 0.717) is 63.5 Å². The minimum Gasteiger partial charge on any atom is -0.494 e. The average molecular weight is 692 g/mol. The number of benzene rings is 2. The molecule has 8 N–H and O–H groups in total. The van der Waals surface area contributed by atoms with Crippen LogP contribution < -0.4 is 27.3 Å². The van der Waals surface area contributed by atoms with E-state index in [4.69, 9.17) is 21.9 Å². The highest BCUT2D eigenvalue weighted by molar-refractivity contribution is 5.90. The largest absolute Gasteiger partial charge is 0.494 e. The number of imidazole rings is 1. The second-order valence-corrected chi connectivity index (χ2v) is 12.2. The fourth-order valence-electron chi connectivity index (χ4n) is 5.31. The number of hydrogen-bond donors (Lipinski definition) is 5. The lowest BCUT2D eigenvalue weighted by Crippen LogP contribution is -2.49. The van der Waals surface area contributed by atoms with Crippen LogP contribution >= 0.6 is 0 Å². The first-order chi connectivity index (χ1) is 24.0. The molecule has 0 atom stereocenters. The van der Waals surface area contributed by atoms with Crippen LogP contribution in [0.2, 0.25) is 0 Å². The van der Waals surface area contributed by atoms with Gasteiger partial charge in [0.05, 0.1) is 43.8 Å². The van der Waals surface area contributed by atoms with Crippen LogP contribution in [0.4, 0.5) is 0 Å². The number of aryl methyl sites for hydroxylation is 1. The minimum absolute atomic E-state index is 0.0437. The highest BCUT2D eigenvalue weighted by Crippen LogP contribution is 2.25. The maximum atomic E-state index is 13.4. The van der Waals surface area contributed by atoms with Crippen LogP contribution in [-0.2, 0) is 19.2 Å². The van der Waals surface area contributed by atoms with E-state index in [0.717, 1.165) is 34.4 Å². The van der Waals surface area contributed by atoms with Crippen molar-refractivity contribution in [2.45, 2.75) is 52.9 Å². The summed E-state index contributed by atoms with van der Waals surface area (Å²) in [6.07, 6.45) is 4.21. The molecule has 14 heteroatoms. The topological polar surface area (TPSA) is 206 Å². The van der Waals surface area contributed by atoms with Gasteiger partial charge in [-0.05, 0) is 69.0 Å². The van der Waals surface area contributed by atoms with Crippen LogP contribution in [0.25, 0.3) is 22.4 Å². The van der Waals surface area contributed by atoms with Gasteiger partial charge < -0.3 is 46.9 Å². The summed E-state index contributed by atoms with van der Waals surface area (Å²) in [4.78, 5) is 63.9. The Morgan fingerprint density at radius 3 is 2.26 bits per heavy atom. The zero-order valence-corrected chi connectivity index (χ0v) is 29.6. The summed E-state index contributed by atoms with van der Waals surface area (Å²) in [6.45, 7) is 7.16. The second kappa shape index (κ2) is 20.4. The van der Waals surface area contributed by atoms with Crippen molar-refractivity contribution in [2.24, 2.45) is 17.2 Å². The molecule has 4 amide bonds. The molecule has 0 fully saturated rings. The summed E-state index contributed by atoms with van der Waals surface area (Å²) in [5.41, 5.74) is 21.2. The molecule has 0 aliphatic carbocycles. The number of nitrogens with two attached hydrogens (primary N) is 3. The van der Waals surface area contributed by atoms with E-state index in [1.165, 1.54) is 14.7 Å². The highest BCUT2D eigenvalue weighted by atomic mass is 16.5. The highest BCUT2D eigenvalue weighted by Gasteiger charge is 2.25. The molecular weight excluding hydrogens is 638 g/mol. The first-order valence-electron chi connectivity index (χ1n) is 17.2. The molecule has 3 rings (SSSR count). The fourth-order valence-corrected chi connectivity index (χ4v) is 5.31. The molecule has 0 saturated heterocycles. The molecule has 14 nitrogen and oxygen atoms in total. The summed E-state index contributed by atoms with van der Waals surface area (Å²) in [5, 5.41) is 3.01. The van der Waals surface area contributed by atoms with E-state index in [-0.39, 0.29) is 44.4 Å². The van der Waals surface area contributed by atoms with Crippen LogP contribution in [0.1, 0.15) is 51.5 Å². The fraction of sp³-hybridized carbons (Fsp3) is 0.472. The van der Waals surface area contributed by atoms with Gasteiger partial charge in [-0.15, -0.1) is 0 Å². The normalized spacial score (nSPS) is 11.3. The maximum Gasteiger partial charge on any atom is 0.243 e. The van der Waals surface area contributed by atoms with Crippen LogP contribution in [0, 0.1) is 6.92 Å². The molecule has 0 unspecified atom stereocenters. The van der Waals surface area contributed by atoms with Crippen molar-refractivity contribution in [3.63, 3.8) is 0 Å². The van der Waals surface area contributed by atoms with Gasteiger partial charge in [-0.3, -0.25) is 19.2 Å². The molecule has 2 aromatic carbocycles. The van der Waals surface area contributed by atoms with Crippen molar-refractivity contribution < 1.29 is 23.9 Å². The molecule has 0 aliphatic heterocycles. The van der Waals surface area contributed by atoms with E-state index in [1.54, 1.807) is 6.20 Å². The predicted octanol–water partition coefficient (Wildman–Crippen LogP) is 2.23. The number of nitrogens with one attached hydrogen (secondary N) is 2. The SMILES string of the molecule is CCCN(CC(=O)N(CCC)CC(=O)N(CC(N)=O)C/C(N)=C/NCCCN)C(=O)CCCOc1cccc(-c2nc3ccc(C)cc3[nH]2)c1. The Morgan fingerprint density at radius 1 is 0.880 bits per heavy atom. The number of aromatic amines is 1. The van der Waals surface area contributed by atoms with E-state index in [2.05, 4.69) is 21.4 Å². The van der Waals surface area contributed by atoms with Gasteiger partial charge in [-0.1, -0.05) is 32.0 Å². The summed E-state index contributed by atoms with van der Waals surface area (Å²) in [5.74, 6) is -0.298. The van der Waals surface area contributed by atoms with Crippen LogP contribution in [0.3, 0.4) is 0 Å². The third kappa shape index (κ3) is 12.7. The predicted molar refractivity (Wildman–Crippen MR) is 194 cm³/mol. The van der Waals surface area contributed by atoms with Gasteiger partial charge in [0.1, 0.15) is 11.6 Å². The van der Waals surface area contributed by atoms with Gasteiger partial charge in [-0.25, -0.2) is 4.98 Å². The number of carbonyl (C=O) groups excluding carboxylic acids is 4. The van der Waals surface area contributed by atoms with Gasteiger partial charge >= 0.3 is 0 Å². The minimum atomic E-state index is -0.701. The number of carbonyl (C=O) groups is 4. The monoisotopic (exact) mass is 691 g/mol. The Hall–Kier alpha value is -5.11. The van der Waals surface area contributed by atoms with Crippen molar-refractivity contribution in [2.75, 3.05) is 59.0 Å². The Kier molecular flexibility index (Phi) is 16.1. The Labute approximate surface area is 294 Å². The third-order valence-corrected chi connectivity index (χ3v) is 7.78. The molecule has 1 aromatic heterocycles. The molecule has 0 bridgehead atoms. The molecule has 272 valence electrons. The van der Waals surface area contributed by atoms with E-state index in [1.807, 2.05) is 57.2 Å². The van der Waals surface area contributed by atoms with Crippen molar-refractivity contribution in [1.82, 2.24) is 30.0 Å². The number of nitrogens with zero attached hydrogens (tertiary/aromatic N) is 4. The average Bonchev–Trinajstić information content (AvgIpc) is 3.51. The summed E-state index contributed by atoms with van der Waals surface area (Å²) < 4.78 is 5.97. The number of hydrogen-bond acceptors (Lipinski definition) is 9. The first-order valence-corrected chi connectivity index (χ1v) is 17.2. The lowest BCUT2D eigenvalue weighted by molar-refractivity contribution is -0.144. The van der Waals surface area contributed by atoms with Crippen LogP contribution in [0.15, 0.2) is 54.4 Å². The molecule has 0 aliphatic rings. The lowest BCUT2D eigenvalue weighted by Gasteiger charge is -2.29. The van der Waals surface area contributed by atoms with Gasteiger partial charge in [0, 0.05) is 43.5 Å². The van der Waals surface area contributed by atoms with Gasteiger partial charge in [0.25, 0.3) is 0 Å². The lowest BCUT2D eigenvalue weighted by atomic mass is 10.2. The number of H-pyrrole nitrogens is 1. The maximum absolute atomic E-state index is 13.4. The zero-order valence-electron chi connectivity index (χ0n) is 29.6. The first kappa shape index (κ1) is 39.3. The number of aromatic nitrogens is 2. The van der Waals surface area contributed by atoms with Crippen molar-refractivity contribution in [3.8, 4) is 17.1 Å². The molecule has 0 spiro atoms. The number of amides is 4. The Morgan fingerprint density at radius 2 is 1.58 bits per heavy atom. The number of ether oxygens (including phenoxy) is 1. The van der Waals surface area contributed by atoms with Gasteiger partial charge in [-0.2, -0.15) is 0 Å². The Balaban J connectivity index is 1.55. The van der Waals surface area contributed by atoms with Gasteiger partial charge in [0.15, 0.2) is 0 Å².